The van der Waals surface area contributed by atoms with Crippen molar-refractivity contribution in [3.8, 4) is 5.75 Å². The molecule has 2 aromatic rings. The van der Waals surface area contributed by atoms with Gasteiger partial charge in [-0.3, -0.25) is 0 Å². The molecule has 0 saturated heterocycles. The Morgan fingerprint density at radius 1 is 1.36 bits per heavy atom. The lowest BCUT2D eigenvalue weighted by molar-refractivity contribution is 0.477. The van der Waals surface area contributed by atoms with Crippen molar-refractivity contribution >= 4 is 5.52 Å². The summed E-state index contributed by atoms with van der Waals surface area (Å²) in [7, 11) is 0. The third kappa shape index (κ3) is 1.25. The number of hydrogen-bond acceptors (Lipinski definition) is 2. The minimum atomic E-state index is -0.0137. The van der Waals surface area contributed by atoms with Crippen LogP contribution in [0.2, 0.25) is 0 Å². The van der Waals surface area contributed by atoms with Crippen LogP contribution in [0.3, 0.4) is 0 Å². The van der Waals surface area contributed by atoms with Crippen LogP contribution in [0.15, 0.2) is 24.5 Å². The highest BCUT2D eigenvalue weighted by Crippen LogP contribution is 2.25. The molecule has 2 aromatic heterocycles. The van der Waals surface area contributed by atoms with Crippen LogP contribution >= 0.6 is 0 Å². The summed E-state index contributed by atoms with van der Waals surface area (Å²) in [6.45, 7) is 6.31. The van der Waals surface area contributed by atoms with Crippen molar-refractivity contribution < 1.29 is 5.11 Å². The van der Waals surface area contributed by atoms with Crippen molar-refractivity contribution in [2.24, 2.45) is 0 Å². The number of nitrogens with zero attached hydrogens (tertiary/aromatic N) is 2. The van der Waals surface area contributed by atoms with E-state index in [1.807, 2.05) is 16.7 Å². The zero-order chi connectivity index (χ0) is 10.3. The Kier molecular flexibility index (Phi) is 1.77. The van der Waals surface area contributed by atoms with Crippen LogP contribution in [0, 0.1) is 0 Å². The fraction of sp³-hybridized carbons (Fsp3) is 0.364. The van der Waals surface area contributed by atoms with Crippen molar-refractivity contribution in [1.82, 2.24) is 9.38 Å². The van der Waals surface area contributed by atoms with E-state index in [-0.39, 0.29) is 11.2 Å². The van der Waals surface area contributed by atoms with Crippen LogP contribution in [0.1, 0.15) is 26.6 Å². The molecule has 0 bridgehead atoms. The first-order valence-corrected chi connectivity index (χ1v) is 4.65. The number of fused-ring (bicyclic) bond motifs is 1. The summed E-state index contributed by atoms with van der Waals surface area (Å²) >= 11 is 0. The van der Waals surface area contributed by atoms with Gasteiger partial charge in [0.2, 0.25) is 0 Å². The Morgan fingerprint density at radius 3 is 2.71 bits per heavy atom. The van der Waals surface area contributed by atoms with Gasteiger partial charge in [-0.2, -0.15) is 0 Å². The molecule has 1 N–H and O–H groups in total. The van der Waals surface area contributed by atoms with Gasteiger partial charge in [0.15, 0.2) is 0 Å². The summed E-state index contributed by atoms with van der Waals surface area (Å²) in [6.07, 6.45) is 3.62. The molecular weight excluding hydrogens is 176 g/mol. The largest absolute Gasteiger partial charge is 0.506 e. The molecule has 0 aliphatic rings. The standard InChI is InChI=1S/C11H14N2O/c1-11(2,3)10-12-7-8-9(14)5-4-6-13(8)10/h4-7,14H,1-3H3. The zero-order valence-electron chi connectivity index (χ0n) is 8.65. The molecule has 0 spiro atoms. The maximum atomic E-state index is 9.59. The number of imidazole rings is 1. The van der Waals surface area contributed by atoms with Gasteiger partial charge in [0.1, 0.15) is 17.1 Å². The van der Waals surface area contributed by atoms with Crippen molar-refractivity contribution in [3.05, 3.63) is 30.4 Å². The number of aromatic hydroxyl groups is 1. The number of rotatable bonds is 0. The fourth-order valence-electron chi connectivity index (χ4n) is 1.56. The molecule has 0 amide bonds. The highest BCUT2D eigenvalue weighted by molar-refractivity contribution is 5.58. The van der Waals surface area contributed by atoms with Crippen molar-refractivity contribution in [2.45, 2.75) is 26.2 Å². The summed E-state index contributed by atoms with van der Waals surface area (Å²) in [6, 6.07) is 3.49. The summed E-state index contributed by atoms with van der Waals surface area (Å²) in [5.41, 5.74) is 0.748. The van der Waals surface area contributed by atoms with E-state index >= 15 is 0 Å². The monoisotopic (exact) mass is 190 g/mol. The normalized spacial score (nSPS) is 12.2. The lowest BCUT2D eigenvalue weighted by atomic mass is 9.96. The van der Waals surface area contributed by atoms with E-state index in [1.165, 1.54) is 0 Å². The smallest absolute Gasteiger partial charge is 0.141 e. The van der Waals surface area contributed by atoms with E-state index in [9.17, 15) is 5.11 Å². The first kappa shape index (κ1) is 9.06. The topological polar surface area (TPSA) is 37.5 Å². The van der Waals surface area contributed by atoms with Crippen LogP contribution in [0.25, 0.3) is 5.52 Å². The maximum Gasteiger partial charge on any atom is 0.141 e. The zero-order valence-corrected chi connectivity index (χ0v) is 8.65. The SMILES string of the molecule is CC(C)(C)c1ncc2c(O)cccn12. The average molecular weight is 190 g/mol. The highest BCUT2D eigenvalue weighted by Gasteiger charge is 2.19. The Balaban J connectivity index is 2.76. The van der Waals surface area contributed by atoms with Crippen molar-refractivity contribution in [2.75, 3.05) is 0 Å². The van der Waals surface area contributed by atoms with Crippen LogP contribution < -0.4 is 0 Å². The van der Waals surface area contributed by atoms with Crippen LogP contribution in [0.5, 0.6) is 5.75 Å². The highest BCUT2D eigenvalue weighted by atomic mass is 16.3. The van der Waals surface area contributed by atoms with E-state index in [1.54, 1.807) is 12.3 Å². The molecule has 0 saturated carbocycles. The van der Waals surface area contributed by atoms with E-state index in [2.05, 4.69) is 25.8 Å². The number of pyridine rings is 1. The van der Waals surface area contributed by atoms with E-state index in [0.29, 0.717) is 0 Å². The molecule has 3 nitrogen and oxygen atoms in total. The minimum absolute atomic E-state index is 0.0137. The third-order valence-corrected chi connectivity index (χ3v) is 2.22. The second kappa shape index (κ2) is 2.74. The van der Waals surface area contributed by atoms with Gasteiger partial charge < -0.3 is 9.51 Å². The Hall–Kier alpha value is -1.51. The Bertz CT molecular complexity index is 466. The Labute approximate surface area is 83.0 Å². The van der Waals surface area contributed by atoms with Gasteiger partial charge in [0, 0.05) is 11.6 Å². The quantitative estimate of drug-likeness (QED) is 0.692. The second-order valence-electron chi connectivity index (χ2n) is 4.48. The molecule has 14 heavy (non-hydrogen) atoms. The van der Waals surface area contributed by atoms with Crippen LogP contribution in [-0.2, 0) is 5.41 Å². The van der Waals surface area contributed by atoms with Gasteiger partial charge in [0.05, 0.1) is 6.20 Å². The van der Waals surface area contributed by atoms with E-state index in [0.717, 1.165) is 11.3 Å². The lowest BCUT2D eigenvalue weighted by Crippen LogP contribution is -2.15. The molecule has 0 aliphatic heterocycles. The predicted molar refractivity (Wildman–Crippen MR) is 55.6 cm³/mol. The summed E-state index contributed by atoms with van der Waals surface area (Å²) < 4.78 is 1.93. The van der Waals surface area contributed by atoms with Crippen molar-refractivity contribution in [3.63, 3.8) is 0 Å². The van der Waals surface area contributed by atoms with Gasteiger partial charge in [-0.1, -0.05) is 20.8 Å². The predicted octanol–water partition coefficient (Wildman–Crippen LogP) is 2.34. The number of aromatic nitrogens is 2. The maximum absolute atomic E-state index is 9.59. The van der Waals surface area contributed by atoms with Gasteiger partial charge in [-0.25, -0.2) is 4.98 Å². The Morgan fingerprint density at radius 2 is 2.07 bits per heavy atom. The molecule has 2 heterocycles. The molecule has 0 radical (unpaired) electrons. The van der Waals surface area contributed by atoms with Gasteiger partial charge >= 0.3 is 0 Å². The van der Waals surface area contributed by atoms with Crippen LogP contribution in [-0.4, -0.2) is 14.5 Å². The summed E-state index contributed by atoms with van der Waals surface area (Å²) in [4.78, 5) is 4.33. The molecule has 0 unspecified atom stereocenters. The molecule has 0 atom stereocenters. The molecule has 74 valence electrons. The molecule has 0 fully saturated rings. The van der Waals surface area contributed by atoms with Gasteiger partial charge in [0.25, 0.3) is 0 Å². The average Bonchev–Trinajstić information content (AvgIpc) is 2.47. The van der Waals surface area contributed by atoms with E-state index in [4.69, 9.17) is 0 Å². The molecule has 0 aliphatic carbocycles. The molecule has 0 aromatic carbocycles. The number of hydrogen-bond donors (Lipinski definition) is 1. The molecular formula is C11H14N2O. The summed E-state index contributed by atoms with van der Waals surface area (Å²) in [5.74, 6) is 1.24. The fourth-order valence-corrected chi connectivity index (χ4v) is 1.56. The first-order valence-electron chi connectivity index (χ1n) is 4.65. The van der Waals surface area contributed by atoms with Crippen molar-refractivity contribution in [1.29, 1.82) is 0 Å². The van der Waals surface area contributed by atoms with E-state index < -0.39 is 0 Å². The lowest BCUT2D eigenvalue weighted by Gasteiger charge is -2.16. The van der Waals surface area contributed by atoms with Gasteiger partial charge in [-0.05, 0) is 12.1 Å². The summed E-state index contributed by atoms with van der Waals surface area (Å²) in [5, 5.41) is 9.59. The minimum Gasteiger partial charge on any atom is -0.506 e. The first-order chi connectivity index (χ1) is 6.50. The molecule has 3 heteroatoms. The third-order valence-electron chi connectivity index (χ3n) is 2.22. The van der Waals surface area contributed by atoms with Crippen LogP contribution in [0.4, 0.5) is 0 Å². The molecule has 2 rings (SSSR count). The van der Waals surface area contributed by atoms with Gasteiger partial charge in [-0.15, -0.1) is 0 Å². The second-order valence-corrected chi connectivity index (χ2v) is 4.48.